The fraction of sp³-hybridized carbons (Fsp3) is 0.111. The number of carbonyl (C=O) groups is 1. The van der Waals surface area contributed by atoms with Gasteiger partial charge in [0, 0.05) is 37.1 Å². The van der Waals surface area contributed by atoms with Gasteiger partial charge in [0.05, 0.1) is 30.9 Å². The van der Waals surface area contributed by atoms with Crippen LogP contribution < -0.4 is 0 Å². The standard InChI is InChI=1S/C27H20Cl3N3O2/c1-2-35-27(34)25-23(20-11-10-19(29)13-22(20)32-25)26-24(16-6-4-3-5-7-16)31-15-33(26)14-17-8-9-18(28)12-21(17)30/h3-13,15,32H,2,14H2,1H3. The number of aromatic amines is 1. The summed E-state index contributed by atoms with van der Waals surface area (Å²) >= 11 is 18.9. The van der Waals surface area contributed by atoms with E-state index < -0.39 is 5.97 Å². The van der Waals surface area contributed by atoms with Gasteiger partial charge in [0.1, 0.15) is 5.69 Å². The normalized spacial score (nSPS) is 11.2. The number of benzene rings is 3. The second-order valence-electron chi connectivity index (χ2n) is 7.96. The van der Waals surface area contributed by atoms with Gasteiger partial charge in [-0.1, -0.05) is 77.3 Å². The number of rotatable bonds is 6. The van der Waals surface area contributed by atoms with Gasteiger partial charge in [0.15, 0.2) is 0 Å². The number of halogens is 3. The third-order valence-corrected chi connectivity index (χ3v) is 6.54. The van der Waals surface area contributed by atoms with Crippen LogP contribution in [0.2, 0.25) is 15.1 Å². The molecule has 8 heteroatoms. The first kappa shape index (κ1) is 23.5. The largest absolute Gasteiger partial charge is 0.461 e. The zero-order valence-electron chi connectivity index (χ0n) is 18.7. The van der Waals surface area contributed by atoms with Crippen LogP contribution in [0, 0.1) is 0 Å². The highest BCUT2D eigenvalue weighted by atomic mass is 35.5. The highest BCUT2D eigenvalue weighted by molar-refractivity contribution is 6.35. The van der Waals surface area contributed by atoms with E-state index in [0.29, 0.717) is 32.9 Å². The summed E-state index contributed by atoms with van der Waals surface area (Å²) in [7, 11) is 0. The molecule has 0 atom stereocenters. The van der Waals surface area contributed by atoms with Crippen LogP contribution in [0.5, 0.6) is 0 Å². The van der Waals surface area contributed by atoms with Crippen molar-refractivity contribution in [3.05, 3.63) is 99.4 Å². The van der Waals surface area contributed by atoms with Gasteiger partial charge in [0.25, 0.3) is 0 Å². The minimum absolute atomic E-state index is 0.250. The van der Waals surface area contributed by atoms with Crippen molar-refractivity contribution in [3.8, 4) is 22.5 Å². The maximum atomic E-state index is 13.1. The Labute approximate surface area is 217 Å². The molecule has 0 aliphatic carbocycles. The lowest BCUT2D eigenvalue weighted by molar-refractivity contribution is 0.0521. The first-order valence-corrected chi connectivity index (χ1v) is 12.1. The van der Waals surface area contributed by atoms with Gasteiger partial charge in [-0.2, -0.15) is 0 Å². The Morgan fingerprint density at radius 3 is 2.49 bits per heavy atom. The van der Waals surface area contributed by atoms with Crippen molar-refractivity contribution in [1.82, 2.24) is 14.5 Å². The fourth-order valence-electron chi connectivity index (χ4n) is 4.18. The molecule has 0 unspecified atom stereocenters. The monoisotopic (exact) mass is 523 g/mol. The van der Waals surface area contributed by atoms with Gasteiger partial charge in [-0.05, 0) is 36.8 Å². The van der Waals surface area contributed by atoms with Gasteiger partial charge >= 0.3 is 5.97 Å². The van der Waals surface area contributed by atoms with Crippen LogP contribution in [-0.4, -0.2) is 27.1 Å². The first-order chi connectivity index (χ1) is 17.0. The van der Waals surface area contributed by atoms with Crippen molar-refractivity contribution in [3.63, 3.8) is 0 Å². The molecule has 1 N–H and O–H groups in total. The average molecular weight is 525 g/mol. The molecule has 0 bridgehead atoms. The quantitative estimate of drug-likeness (QED) is 0.230. The number of hydrogen-bond acceptors (Lipinski definition) is 3. The average Bonchev–Trinajstić information content (AvgIpc) is 3.42. The lowest BCUT2D eigenvalue weighted by Gasteiger charge is -2.13. The summed E-state index contributed by atoms with van der Waals surface area (Å²) in [6.45, 7) is 2.45. The summed E-state index contributed by atoms with van der Waals surface area (Å²) in [4.78, 5) is 21.1. The number of nitrogens with one attached hydrogen (secondary N) is 1. The van der Waals surface area contributed by atoms with Crippen molar-refractivity contribution < 1.29 is 9.53 Å². The third-order valence-electron chi connectivity index (χ3n) is 5.72. The summed E-state index contributed by atoms with van der Waals surface area (Å²) < 4.78 is 7.38. The Morgan fingerprint density at radius 1 is 1.00 bits per heavy atom. The van der Waals surface area contributed by atoms with E-state index in [2.05, 4.69) is 4.98 Å². The van der Waals surface area contributed by atoms with Gasteiger partial charge in [-0.3, -0.25) is 0 Å². The van der Waals surface area contributed by atoms with Crippen molar-refractivity contribution >= 4 is 51.7 Å². The van der Waals surface area contributed by atoms with Gasteiger partial charge in [-0.25, -0.2) is 9.78 Å². The molecular formula is C27H20Cl3N3O2. The van der Waals surface area contributed by atoms with E-state index in [1.165, 1.54) is 0 Å². The Bertz CT molecular complexity index is 1540. The number of H-pyrrole nitrogens is 1. The number of aromatic nitrogens is 3. The van der Waals surface area contributed by atoms with Gasteiger partial charge in [-0.15, -0.1) is 0 Å². The van der Waals surface area contributed by atoms with Crippen molar-refractivity contribution in [1.29, 1.82) is 0 Å². The maximum absolute atomic E-state index is 13.1. The predicted octanol–water partition coefficient (Wildman–Crippen LogP) is 7.88. The summed E-state index contributed by atoms with van der Waals surface area (Å²) in [6.07, 6.45) is 1.76. The third kappa shape index (κ3) is 4.55. The minimum atomic E-state index is -0.453. The zero-order chi connectivity index (χ0) is 24.5. The molecule has 0 spiro atoms. The summed E-state index contributed by atoms with van der Waals surface area (Å²) in [5.41, 5.74) is 5.04. The number of fused-ring (bicyclic) bond motifs is 1. The molecule has 0 saturated carbocycles. The Morgan fingerprint density at radius 2 is 1.74 bits per heavy atom. The smallest absolute Gasteiger partial charge is 0.355 e. The first-order valence-electron chi connectivity index (χ1n) is 11.0. The van der Waals surface area contributed by atoms with E-state index in [1.807, 2.05) is 47.0 Å². The van der Waals surface area contributed by atoms with Crippen molar-refractivity contribution in [2.75, 3.05) is 6.61 Å². The van der Waals surface area contributed by atoms with Gasteiger partial charge < -0.3 is 14.3 Å². The Hall–Kier alpha value is -3.25. The Balaban J connectivity index is 1.79. The molecule has 0 amide bonds. The molecule has 0 fully saturated rings. The topological polar surface area (TPSA) is 59.9 Å². The van der Waals surface area contributed by atoms with Crippen molar-refractivity contribution in [2.45, 2.75) is 13.5 Å². The number of hydrogen-bond donors (Lipinski definition) is 1. The van der Waals surface area contributed by atoms with Crippen LogP contribution in [0.4, 0.5) is 0 Å². The van der Waals surface area contributed by atoms with Crippen molar-refractivity contribution in [2.24, 2.45) is 0 Å². The van der Waals surface area contributed by atoms with Crippen LogP contribution in [0.3, 0.4) is 0 Å². The van der Waals surface area contributed by atoms with E-state index in [-0.39, 0.29) is 6.61 Å². The van der Waals surface area contributed by atoms with Crippen LogP contribution >= 0.6 is 34.8 Å². The molecule has 0 aliphatic rings. The summed E-state index contributed by atoms with van der Waals surface area (Å²) in [5, 5.41) is 2.51. The van der Waals surface area contributed by atoms with E-state index in [4.69, 9.17) is 44.5 Å². The SMILES string of the molecule is CCOC(=O)c1[nH]c2cc(Cl)ccc2c1-c1c(-c2ccccc2)ncn1Cc1ccc(Cl)cc1Cl. The molecule has 0 aliphatic heterocycles. The molecule has 35 heavy (non-hydrogen) atoms. The highest BCUT2D eigenvalue weighted by Gasteiger charge is 2.26. The van der Waals surface area contributed by atoms with E-state index in [1.54, 1.807) is 37.5 Å². The number of carbonyl (C=O) groups excluding carboxylic acids is 1. The van der Waals surface area contributed by atoms with Crippen LogP contribution in [0.25, 0.3) is 33.4 Å². The molecule has 0 radical (unpaired) electrons. The van der Waals surface area contributed by atoms with E-state index in [0.717, 1.165) is 33.4 Å². The van der Waals surface area contributed by atoms with Crippen LogP contribution in [-0.2, 0) is 11.3 Å². The summed E-state index contributed by atoms with van der Waals surface area (Å²) in [6, 6.07) is 20.7. The molecule has 3 aromatic carbocycles. The second-order valence-corrected chi connectivity index (χ2v) is 9.24. The highest BCUT2D eigenvalue weighted by Crippen LogP contribution is 2.40. The number of ether oxygens (including phenoxy) is 1. The molecule has 176 valence electrons. The second kappa shape index (κ2) is 9.78. The molecule has 5 aromatic rings. The number of imidazole rings is 1. The summed E-state index contributed by atoms with van der Waals surface area (Å²) in [5.74, 6) is -0.453. The minimum Gasteiger partial charge on any atom is -0.461 e. The molecule has 2 aromatic heterocycles. The molecule has 2 heterocycles. The molecule has 0 saturated heterocycles. The number of esters is 1. The van der Waals surface area contributed by atoms with Crippen LogP contribution in [0.15, 0.2) is 73.1 Å². The molecule has 5 nitrogen and oxygen atoms in total. The maximum Gasteiger partial charge on any atom is 0.355 e. The Kier molecular flexibility index (Phi) is 6.56. The molecule has 5 rings (SSSR count). The van der Waals surface area contributed by atoms with E-state index in [9.17, 15) is 4.79 Å². The van der Waals surface area contributed by atoms with Crippen LogP contribution in [0.1, 0.15) is 23.0 Å². The number of nitrogens with zero attached hydrogens (tertiary/aromatic N) is 2. The predicted molar refractivity (Wildman–Crippen MR) is 141 cm³/mol. The molecular weight excluding hydrogens is 505 g/mol. The van der Waals surface area contributed by atoms with E-state index >= 15 is 0 Å². The fourth-order valence-corrected chi connectivity index (χ4v) is 4.82. The van der Waals surface area contributed by atoms with Gasteiger partial charge in [0.2, 0.25) is 0 Å². The lowest BCUT2D eigenvalue weighted by Crippen LogP contribution is -2.09. The lowest BCUT2D eigenvalue weighted by atomic mass is 10.0. The zero-order valence-corrected chi connectivity index (χ0v) is 21.0.